The van der Waals surface area contributed by atoms with Crippen molar-refractivity contribution in [2.45, 2.75) is 0 Å². The van der Waals surface area contributed by atoms with E-state index in [0.29, 0.717) is 0 Å². The third-order valence-corrected chi connectivity index (χ3v) is 7.26. The molecule has 2 nitrogen and oxygen atoms in total. The van der Waals surface area contributed by atoms with Crippen molar-refractivity contribution in [2.24, 2.45) is 0 Å². The van der Waals surface area contributed by atoms with Crippen LogP contribution in [0.5, 0.6) is 11.5 Å². The van der Waals surface area contributed by atoms with Gasteiger partial charge in [0, 0.05) is 22.0 Å². The molecule has 3 heteroatoms. The summed E-state index contributed by atoms with van der Waals surface area (Å²) in [5, 5.41) is 2.61. The predicted octanol–water partition coefficient (Wildman–Crippen LogP) is 5.39. The zero-order chi connectivity index (χ0) is 21.5. The van der Waals surface area contributed by atoms with E-state index in [4.69, 9.17) is 4.74 Å². The lowest BCUT2D eigenvalue weighted by Crippen LogP contribution is -2.58. The van der Waals surface area contributed by atoms with Crippen molar-refractivity contribution in [1.29, 1.82) is 0 Å². The number of para-hydroxylation sites is 2. The minimum absolute atomic E-state index is 0.143. The van der Waals surface area contributed by atoms with Gasteiger partial charge in [0.15, 0.2) is 0 Å². The van der Waals surface area contributed by atoms with Crippen LogP contribution >= 0.6 is 0 Å². The number of fused-ring (bicyclic) bond motifs is 7. The Bertz CT molecular complexity index is 1750. The van der Waals surface area contributed by atoms with E-state index in [1.807, 2.05) is 0 Å². The molecule has 1 aromatic heterocycles. The molecule has 5 aromatic carbocycles. The number of ether oxygens (including phenoxy) is 1. The minimum atomic E-state index is 0.143. The molecule has 6 aromatic rings. The Balaban J connectivity index is 1.50. The van der Waals surface area contributed by atoms with Crippen LogP contribution in [0.25, 0.3) is 38.6 Å². The molecule has 152 valence electrons. The molecule has 2 aliphatic heterocycles. The van der Waals surface area contributed by atoms with Gasteiger partial charge >= 0.3 is 0 Å². The van der Waals surface area contributed by atoms with Gasteiger partial charge in [-0.15, -0.1) is 0 Å². The van der Waals surface area contributed by atoms with Crippen molar-refractivity contribution in [3.05, 3.63) is 109 Å². The van der Waals surface area contributed by atoms with Crippen LogP contribution in [0.1, 0.15) is 0 Å². The summed E-state index contributed by atoms with van der Waals surface area (Å²) < 4.78 is 8.94. The zero-order valence-corrected chi connectivity index (χ0v) is 17.8. The van der Waals surface area contributed by atoms with Gasteiger partial charge in [0.05, 0.1) is 5.52 Å². The third kappa shape index (κ3) is 2.19. The third-order valence-electron chi connectivity index (χ3n) is 7.26. The van der Waals surface area contributed by atoms with Gasteiger partial charge in [0.1, 0.15) is 11.5 Å². The first-order valence-corrected chi connectivity index (χ1v) is 11.4. The molecule has 0 amide bonds. The SMILES string of the molecule is c1ccc(-c2ccc3c(c2)B2c4c(cccc4-n4c5ccccc5c5cccc2c54)O3)cc1. The van der Waals surface area contributed by atoms with Crippen LogP contribution in [0.3, 0.4) is 0 Å². The van der Waals surface area contributed by atoms with Crippen LogP contribution < -0.4 is 21.1 Å². The summed E-state index contributed by atoms with van der Waals surface area (Å²) in [6, 6.07) is 39.2. The number of rotatable bonds is 1. The first kappa shape index (κ1) is 17.3. The number of benzene rings is 5. The van der Waals surface area contributed by atoms with Crippen LogP contribution in [0.4, 0.5) is 0 Å². The second kappa shape index (κ2) is 6.17. The fourth-order valence-electron chi connectivity index (χ4n) is 5.91. The summed E-state index contributed by atoms with van der Waals surface area (Å²) in [5.41, 5.74) is 10.1. The molecule has 0 saturated carbocycles. The molecular formula is C30H18BNO. The largest absolute Gasteiger partial charge is 0.458 e. The molecule has 0 atom stereocenters. The Kier molecular flexibility index (Phi) is 3.24. The Morgan fingerprint density at radius 3 is 2.33 bits per heavy atom. The highest BCUT2D eigenvalue weighted by molar-refractivity contribution is 6.99. The maximum atomic E-state index is 6.50. The highest BCUT2D eigenvalue weighted by atomic mass is 16.5. The summed E-state index contributed by atoms with van der Waals surface area (Å²) in [7, 11) is 0. The Morgan fingerprint density at radius 2 is 1.39 bits per heavy atom. The lowest BCUT2D eigenvalue weighted by Gasteiger charge is -2.33. The minimum Gasteiger partial charge on any atom is -0.458 e. The summed E-state index contributed by atoms with van der Waals surface area (Å²) in [6.07, 6.45) is 0. The molecule has 0 radical (unpaired) electrons. The van der Waals surface area contributed by atoms with Crippen LogP contribution in [0.2, 0.25) is 0 Å². The first-order chi connectivity index (χ1) is 16.4. The first-order valence-electron chi connectivity index (χ1n) is 11.4. The molecular weight excluding hydrogens is 401 g/mol. The standard InChI is InChI=1S/C30H18BNO/c1-2-8-19(9-3-1)20-16-17-27-24(18-20)31-23-12-6-11-22-21-10-4-5-13-25(21)32(30(22)23)26-14-7-15-28(33-27)29(26)31/h1-18H. The number of hydrogen-bond acceptors (Lipinski definition) is 1. The van der Waals surface area contributed by atoms with E-state index >= 15 is 0 Å². The van der Waals surface area contributed by atoms with Crippen LogP contribution in [-0.2, 0) is 0 Å². The van der Waals surface area contributed by atoms with Crippen molar-refractivity contribution in [3.63, 3.8) is 0 Å². The zero-order valence-electron chi connectivity index (χ0n) is 17.8. The predicted molar refractivity (Wildman–Crippen MR) is 137 cm³/mol. The molecule has 8 rings (SSSR count). The highest BCUT2D eigenvalue weighted by Gasteiger charge is 2.40. The Hall–Kier alpha value is -4.24. The van der Waals surface area contributed by atoms with Crippen LogP contribution in [0.15, 0.2) is 109 Å². The molecule has 0 N–H and O–H groups in total. The maximum absolute atomic E-state index is 6.50. The van der Waals surface area contributed by atoms with E-state index < -0.39 is 0 Å². The Labute approximate surface area is 191 Å². The molecule has 0 spiro atoms. The van der Waals surface area contributed by atoms with E-state index in [2.05, 4.69) is 114 Å². The summed E-state index contributed by atoms with van der Waals surface area (Å²) in [4.78, 5) is 0. The van der Waals surface area contributed by atoms with Gasteiger partial charge in [-0.1, -0.05) is 84.9 Å². The average molecular weight is 419 g/mol. The topological polar surface area (TPSA) is 14.2 Å². The van der Waals surface area contributed by atoms with Crippen molar-refractivity contribution in [1.82, 2.24) is 4.57 Å². The second-order valence-electron chi connectivity index (χ2n) is 8.94. The lowest BCUT2D eigenvalue weighted by molar-refractivity contribution is 0.487. The molecule has 0 saturated heterocycles. The number of aromatic nitrogens is 1. The lowest BCUT2D eigenvalue weighted by atomic mass is 9.34. The fraction of sp³-hybridized carbons (Fsp3) is 0. The summed E-state index contributed by atoms with van der Waals surface area (Å²) in [5.74, 6) is 1.91. The fourth-order valence-corrected chi connectivity index (χ4v) is 5.91. The quantitative estimate of drug-likeness (QED) is 0.326. The van der Waals surface area contributed by atoms with Gasteiger partial charge in [0.25, 0.3) is 6.71 Å². The maximum Gasteiger partial charge on any atom is 0.256 e. The molecule has 0 fully saturated rings. The Morgan fingerprint density at radius 1 is 0.576 bits per heavy atom. The molecule has 0 unspecified atom stereocenters. The summed E-state index contributed by atoms with van der Waals surface area (Å²) >= 11 is 0. The van der Waals surface area contributed by atoms with Gasteiger partial charge in [0.2, 0.25) is 0 Å². The molecule has 2 aliphatic rings. The average Bonchev–Trinajstić information content (AvgIpc) is 3.22. The van der Waals surface area contributed by atoms with Gasteiger partial charge in [-0.25, -0.2) is 0 Å². The van der Waals surface area contributed by atoms with E-state index in [9.17, 15) is 0 Å². The summed E-state index contributed by atoms with van der Waals surface area (Å²) in [6.45, 7) is 0.143. The van der Waals surface area contributed by atoms with Crippen LogP contribution in [-0.4, -0.2) is 11.3 Å². The van der Waals surface area contributed by atoms with Crippen LogP contribution in [0, 0.1) is 0 Å². The second-order valence-corrected chi connectivity index (χ2v) is 8.94. The van der Waals surface area contributed by atoms with E-state index in [0.717, 1.165) is 11.5 Å². The number of hydrogen-bond donors (Lipinski definition) is 0. The molecule has 3 heterocycles. The van der Waals surface area contributed by atoms with Crippen molar-refractivity contribution in [2.75, 3.05) is 0 Å². The molecule has 33 heavy (non-hydrogen) atoms. The number of nitrogens with zero attached hydrogens (tertiary/aromatic N) is 1. The van der Waals surface area contributed by atoms with E-state index in [1.165, 1.54) is 55.0 Å². The van der Waals surface area contributed by atoms with E-state index in [-0.39, 0.29) is 6.71 Å². The highest BCUT2D eigenvalue weighted by Crippen LogP contribution is 2.37. The molecule has 0 bridgehead atoms. The van der Waals surface area contributed by atoms with Crippen molar-refractivity contribution in [3.8, 4) is 28.3 Å². The van der Waals surface area contributed by atoms with Gasteiger partial charge in [-0.2, -0.15) is 0 Å². The van der Waals surface area contributed by atoms with Gasteiger partial charge in [-0.3, -0.25) is 0 Å². The van der Waals surface area contributed by atoms with E-state index in [1.54, 1.807) is 0 Å². The van der Waals surface area contributed by atoms with Gasteiger partial charge in [-0.05, 0) is 51.8 Å². The molecule has 0 aliphatic carbocycles. The van der Waals surface area contributed by atoms with Crippen molar-refractivity contribution < 1.29 is 4.74 Å². The smallest absolute Gasteiger partial charge is 0.256 e. The monoisotopic (exact) mass is 419 g/mol. The van der Waals surface area contributed by atoms with Crippen molar-refractivity contribution >= 4 is 44.9 Å². The normalized spacial score (nSPS) is 13.0. The van der Waals surface area contributed by atoms with Gasteiger partial charge < -0.3 is 9.30 Å².